The molecule has 1 aromatic heterocycles. The number of hydrogen-bond acceptors (Lipinski definition) is 3. The van der Waals surface area contributed by atoms with Gasteiger partial charge in [-0.25, -0.2) is 4.98 Å². The van der Waals surface area contributed by atoms with Gasteiger partial charge in [0.05, 0.1) is 12.1 Å². The first-order valence-electron chi connectivity index (χ1n) is 4.60. The molecular formula is C11H9ClN2OS. The van der Waals surface area contributed by atoms with E-state index in [2.05, 4.69) is 9.97 Å². The number of halogens is 1. The van der Waals surface area contributed by atoms with Gasteiger partial charge in [-0.2, -0.15) is 0 Å². The molecule has 0 radical (unpaired) electrons. The first kappa shape index (κ1) is 11.1. The van der Waals surface area contributed by atoms with Crippen LogP contribution < -0.4 is 4.74 Å². The summed E-state index contributed by atoms with van der Waals surface area (Å²) in [6.07, 6.45) is 1.66. The zero-order valence-corrected chi connectivity index (χ0v) is 10.1. The Hall–Kier alpha value is -1.39. The molecule has 2 aromatic rings. The molecule has 0 saturated heterocycles. The number of H-pyrrole nitrogens is 1. The summed E-state index contributed by atoms with van der Waals surface area (Å²) in [5, 5.41) is 0.566. The summed E-state index contributed by atoms with van der Waals surface area (Å²) in [6.45, 7) is 0. The van der Waals surface area contributed by atoms with Gasteiger partial charge in [0.15, 0.2) is 4.77 Å². The van der Waals surface area contributed by atoms with Crippen LogP contribution in [-0.4, -0.2) is 17.1 Å². The molecule has 0 aliphatic rings. The molecule has 0 amide bonds. The molecule has 0 bridgehead atoms. The van der Waals surface area contributed by atoms with Gasteiger partial charge >= 0.3 is 0 Å². The van der Waals surface area contributed by atoms with Crippen LogP contribution in [0.3, 0.4) is 0 Å². The van der Waals surface area contributed by atoms with Gasteiger partial charge in [-0.3, -0.25) is 0 Å². The predicted octanol–water partition coefficient (Wildman–Crippen LogP) is 3.47. The van der Waals surface area contributed by atoms with Crippen LogP contribution in [0.4, 0.5) is 0 Å². The Kier molecular flexibility index (Phi) is 3.22. The standard InChI is InChI=1S/C11H9ClN2OS/c1-15-10-3-2-7(6-8(10)12)9-4-5-13-11(16)14-9/h2-6H,1H3,(H,13,14,16). The lowest BCUT2D eigenvalue weighted by atomic mass is 10.1. The van der Waals surface area contributed by atoms with E-state index in [1.165, 1.54) is 0 Å². The van der Waals surface area contributed by atoms with Crippen molar-refractivity contribution in [2.45, 2.75) is 0 Å². The average Bonchev–Trinajstić information content (AvgIpc) is 2.29. The van der Waals surface area contributed by atoms with Crippen LogP contribution in [-0.2, 0) is 0 Å². The van der Waals surface area contributed by atoms with Crippen molar-refractivity contribution in [2.75, 3.05) is 7.11 Å². The molecule has 0 aliphatic heterocycles. The van der Waals surface area contributed by atoms with E-state index in [1.807, 2.05) is 24.3 Å². The van der Waals surface area contributed by atoms with Gasteiger partial charge in [0, 0.05) is 11.9 Å². The summed E-state index contributed by atoms with van der Waals surface area (Å²) in [5.74, 6) is 0.651. The van der Waals surface area contributed by atoms with Crippen molar-refractivity contribution in [3.8, 4) is 17.0 Å². The highest BCUT2D eigenvalue weighted by molar-refractivity contribution is 7.71. The second-order valence-corrected chi connectivity index (χ2v) is 3.93. The zero-order chi connectivity index (χ0) is 11.5. The fourth-order valence-corrected chi connectivity index (χ4v) is 1.80. The molecule has 1 heterocycles. The van der Waals surface area contributed by atoms with E-state index in [0.717, 1.165) is 11.3 Å². The molecule has 0 fully saturated rings. The van der Waals surface area contributed by atoms with Crippen molar-refractivity contribution >= 4 is 23.8 Å². The zero-order valence-electron chi connectivity index (χ0n) is 8.53. The molecule has 0 aliphatic carbocycles. The third-order valence-corrected chi connectivity index (χ3v) is 2.64. The van der Waals surface area contributed by atoms with Gasteiger partial charge in [0.25, 0.3) is 0 Å². The largest absolute Gasteiger partial charge is 0.495 e. The average molecular weight is 253 g/mol. The Labute approximate surface area is 103 Å². The van der Waals surface area contributed by atoms with Gasteiger partial charge in [0.1, 0.15) is 5.75 Å². The van der Waals surface area contributed by atoms with E-state index >= 15 is 0 Å². The summed E-state index contributed by atoms with van der Waals surface area (Å²) in [5.41, 5.74) is 1.82. The minimum atomic E-state index is 0.449. The van der Waals surface area contributed by atoms with Crippen molar-refractivity contribution in [3.63, 3.8) is 0 Å². The van der Waals surface area contributed by atoms with Crippen LogP contribution in [0.15, 0.2) is 30.5 Å². The maximum absolute atomic E-state index is 6.04. The van der Waals surface area contributed by atoms with Gasteiger partial charge in [-0.15, -0.1) is 0 Å². The van der Waals surface area contributed by atoms with Crippen molar-refractivity contribution < 1.29 is 4.74 Å². The van der Waals surface area contributed by atoms with Crippen LogP contribution in [0, 0.1) is 4.77 Å². The Bertz CT molecular complexity index is 568. The molecule has 0 atom stereocenters. The van der Waals surface area contributed by atoms with Gasteiger partial charge in [-0.1, -0.05) is 11.6 Å². The highest BCUT2D eigenvalue weighted by atomic mass is 35.5. The first-order chi connectivity index (χ1) is 7.70. The number of nitrogens with one attached hydrogen (secondary N) is 1. The van der Waals surface area contributed by atoms with Gasteiger partial charge in [0.2, 0.25) is 0 Å². The fourth-order valence-electron chi connectivity index (χ4n) is 1.37. The number of rotatable bonds is 2. The number of hydrogen-bond donors (Lipinski definition) is 1. The predicted molar refractivity (Wildman–Crippen MR) is 66.4 cm³/mol. The second-order valence-electron chi connectivity index (χ2n) is 3.14. The summed E-state index contributed by atoms with van der Waals surface area (Å²) in [4.78, 5) is 6.92. The lowest BCUT2D eigenvalue weighted by Gasteiger charge is -2.05. The lowest BCUT2D eigenvalue weighted by Crippen LogP contribution is -1.88. The molecule has 82 valence electrons. The quantitative estimate of drug-likeness (QED) is 0.832. The molecule has 0 saturated carbocycles. The monoisotopic (exact) mass is 252 g/mol. The van der Waals surface area contributed by atoms with E-state index in [4.69, 9.17) is 28.6 Å². The number of aromatic amines is 1. The SMILES string of the molecule is COc1ccc(-c2ccnc(=S)[nH]2)cc1Cl. The Balaban J connectivity index is 2.49. The highest BCUT2D eigenvalue weighted by Gasteiger charge is 2.03. The number of nitrogens with zero attached hydrogens (tertiary/aromatic N) is 1. The number of methoxy groups -OCH3 is 1. The molecule has 5 heteroatoms. The molecule has 2 rings (SSSR count). The van der Waals surface area contributed by atoms with E-state index in [1.54, 1.807) is 13.3 Å². The van der Waals surface area contributed by atoms with Gasteiger partial charge < -0.3 is 9.72 Å². The van der Waals surface area contributed by atoms with Crippen molar-refractivity contribution in [2.24, 2.45) is 0 Å². The van der Waals surface area contributed by atoms with Crippen molar-refractivity contribution in [1.29, 1.82) is 0 Å². The number of ether oxygens (including phenoxy) is 1. The normalized spacial score (nSPS) is 10.1. The third kappa shape index (κ3) is 2.23. The molecule has 3 nitrogen and oxygen atoms in total. The van der Waals surface area contributed by atoms with Crippen LogP contribution in [0.25, 0.3) is 11.3 Å². The van der Waals surface area contributed by atoms with E-state index in [-0.39, 0.29) is 0 Å². The summed E-state index contributed by atoms with van der Waals surface area (Å²) < 4.78 is 5.53. The fraction of sp³-hybridized carbons (Fsp3) is 0.0909. The first-order valence-corrected chi connectivity index (χ1v) is 5.38. The van der Waals surface area contributed by atoms with Crippen LogP contribution in [0.2, 0.25) is 5.02 Å². The second kappa shape index (κ2) is 4.63. The highest BCUT2D eigenvalue weighted by Crippen LogP contribution is 2.28. The van der Waals surface area contributed by atoms with Gasteiger partial charge in [-0.05, 0) is 42.0 Å². The Morgan fingerprint density at radius 1 is 1.38 bits per heavy atom. The Morgan fingerprint density at radius 3 is 2.81 bits per heavy atom. The summed E-state index contributed by atoms with van der Waals surface area (Å²) >= 11 is 11.0. The maximum atomic E-state index is 6.04. The third-order valence-electron chi connectivity index (χ3n) is 2.14. The van der Waals surface area contributed by atoms with Crippen molar-refractivity contribution in [1.82, 2.24) is 9.97 Å². The van der Waals surface area contributed by atoms with Crippen LogP contribution in [0.5, 0.6) is 5.75 Å². The van der Waals surface area contributed by atoms with Crippen LogP contribution >= 0.6 is 23.8 Å². The van der Waals surface area contributed by atoms with E-state index in [0.29, 0.717) is 15.5 Å². The maximum Gasteiger partial charge on any atom is 0.197 e. The lowest BCUT2D eigenvalue weighted by molar-refractivity contribution is 0.415. The summed E-state index contributed by atoms with van der Waals surface area (Å²) in [7, 11) is 1.58. The van der Waals surface area contributed by atoms with Crippen LogP contribution in [0.1, 0.15) is 0 Å². The summed E-state index contributed by atoms with van der Waals surface area (Å²) in [6, 6.07) is 7.38. The molecule has 16 heavy (non-hydrogen) atoms. The van der Waals surface area contributed by atoms with E-state index in [9.17, 15) is 0 Å². The van der Waals surface area contributed by atoms with Crippen molar-refractivity contribution in [3.05, 3.63) is 40.3 Å². The minimum Gasteiger partial charge on any atom is -0.495 e. The Morgan fingerprint density at radius 2 is 2.19 bits per heavy atom. The number of benzene rings is 1. The number of aromatic nitrogens is 2. The smallest absolute Gasteiger partial charge is 0.197 e. The topological polar surface area (TPSA) is 37.9 Å². The molecule has 0 unspecified atom stereocenters. The molecule has 1 aromatic carbocycles. The molecule has 0 spiro atoms. The minimum absolute atomic E-state index is 0.449. The van der Waals surface area contributed by atoms with E-state index < -0.39 is 0 Å². The molecule has 1 N–H and O–H groups in total. The molecular weight excluding hydrogens is 244 g/mol.